The lowest BCUT2D eigenvalue weighted by Crippen LogP contribution is -2.30. The molecule has 1 aliphatic heterocycles. The molecule has 2 N–H and O–H groups in total. The smallest absolute Gasteiger partial charge is 0.253 e. The molecular weight excluding hydrogens is 286 g/mol. The molecule has 2 aromatic rings. The molecule has 3 rings (SSSR count). The van der Waals surface area contributed by atoms with E-state index < -0.39 is 0 Å². The van der Waals surface area contributed by atoms with E-state index in [0.717, 1.165) is 31.6 Å². The predicted octanol–water partition coefficient (Wildman–Crippen LogP) is 2.53. The number of benzene rings is 2. The second-order valence-electron chi connectivity index (χ2n) is 6.34. The Balaban J connectivity index is 1.73. The number of rotatable bonds is 3. The summed E-state index contributed by atoms with van der Waals surface area (Å²) in [7, 11) is 3.50. The highest BCUT2D eigenvalue weighted by Gasteiger charge is 2.17. The van der Waals surface area contributed by atoms with Crippen LogP contribution in [0.1, 0.15) is 27.0 Å². The molecule has 4 heteroatoms. The Bertz CT molecular complexity index is 724. The largest absolute Gasteiger partial charge is 0.398 e. The molecule has 23 heavy (non-hydrogen) atoms. The Kier molecular flexibility index (Phi) is 4.35. The molecule has 1 heterocycles. The Morgan fingerprint density at radius 2 is 1.91 bits per heavy atom. The zero-order valence-electron chi connectivity index (χ0n) is 13.7. The summed E-state index contributed by atoms with van der Waals surface area (Å²) < 4.78 is 0. The summed E-state index contributed by atoms with van der Waals surface area (Å²) in [5.74, 6) is -0.0184. The van der Waals surface area contributed by atoms with Crippen LogP contribution in [-0.4, -0.2) is 36.3 Å². The van der Waals surface area contributed by atoms with Crippen LogP contribution in [0, 0.1) is 0 Å². The van der Waals surface area contributed by atoms with E-state index in [0.29, 0.717) is 11.3 Å². The van der Waals surface area contributed by atoms with Gasteiger partial charge in [0, 0.05) is 45.0 Å². The van der Waals surface area contributed by atoms with Gasteiger partial charge in [-0.1, -0.05) is 30.3 Å². The third-order valence-corrected chi connectivity index (χ3v) is 4.40. The number of nitrogens with zero attached hydrogens (tertiary/aromatic N) is 2. The fourth-order valence-electron chi connectivity index (χ4n) is 3.06. The zero-order chi connectivity index (χ0) is 16.4. The van der Waals surface area contributed by atoms with Crippen LogP contribution in [0.5, 0.6) is 0 Å². The maximum atomic E-state index is 12.0. The molecule has 0 spiro atoms. The van der Waals surface area contributed by atoms with Crippen LogP contribution < -0.4 is 5.73 Å². The van der Waals surface area contributed by atoms with Gasteiger partial charge in [-0.2, -0.15) is 0 Å². The molecule has 1 amide bonds. The number of nitrogen functional groups attached to an aromatic ring is 1. The summed E-state index contributed by atoms with van der Waals surface area (Å²) in [6.07, 6.45) is 1.08. The van der Waals surface area contributed by atoms with Gasteiger partial charge >= 0.3 is 0 Å². The van der Waals surface area contributed by atoms with Gasteiger partial charge in [-0.15, -0.1) is 0 Å². The van der Waals surface area contributed by atoms with Gasteiger partial charge in [0.15, 0.2) is 0 Å². The van der Waals surface area contributed by atoms with Gasteiger partial charge in [-0.3, -0.25) is 9.69 Å². The number of carbonyl (C=O) groups is 1. The molecule has 120 valence electrons. The minimum Gasteiger partial charge on any atom is -0.398 e. The SMILES string of the molecule is CN(C)C(=O)c1ccc(CN2CCc3ccccc3C2)c(N)c1. The average Bonchev–Trinajstić information content (AvgIpc) is 2.56. The normalized spacial score (nSPS) is 14.3. The number of hydrogen-bond donors (Lipinski definition) is 1. The maximum Gasteiger partial charge on any atom is 0.253 e. The van der Waals surface area contributed by atoms with E-state index in [-0.39, 0.29) is 5.91 Å². The van der Waals surface area contributed by atoms with Crippen molar-refractivity contribution in [2.24, 2.45) is 0 Å². The lowest BCUT2D eigenvalue weighted by Gasteiger charge is -2.29. The van der Waals surface area contributed by atoms with Crippen LogP contribution in [-0.2, 0) is 19.5 Å². The molecule has 1 aliphatic rings. The highest BCUT2D eigenvalue weighted by Crippen LogP contribution is 2.23. The molecule has 0 saturated heterocycles. The predicted molar refractivity (Wildman–Crippen MR) is 93.1 cm³/mol. The van der Waals surface area contributed by atoms with E-state index in [1.807, 2.05) is 12.1 Å². The van der Waals surface area contributed by atoms with Crippen LogP contribution in [0.15, 0.2) is 42.5 Å². The summed E-state index contributed by atoms with van der Waals surface area (Å²) >= 11 is 0. The minimum absolute atomic E-state index is 0.0184. The lowest BCUT2D eigenvalue weighted by atomic mass is 9.99. The van der Waals surface area contributed by atoms with Crippen LogP contribution in [0.2, 0.25) is 0 Å². The van der Waals surface area contributed by atoms with Gasteiger partial charge in [-0.05, 0) is 35.2 Å². The fourth-order valence-corrected chi connectivity index (χ4v) is 3.06. The van der Waals surface area contributed by atoms with Gasteiger partial charge in [0.1, 0.15) is 0 Å². The van der Waals surface area contributed by atoms with E-state index in [1.165, 1.54) is 11.1 Å². The third kappa shape index (κ3) is 3.37. The van der Waals surface area contributed by atoms with Gasteiger partial charge in [0.2, 0.25) is 0 Å². The molecule has 0 saturated carbocycles. The maximum absolute atomic E-state index is 12.0. The number of anilines is 1. The highest BCUT2D eigenvalue weighted by molar-refractivity contribution is 5.94. The first-order valence-electron chi connectivity index (χ1n) is 7.94. The summed E-state index contributed by atoms with van der Waals surface area (Å²) in [6, 6.07) is 14.2. The van der Waals surface area contributed by atoms with E-state index in [2.05, 4.69) is 29.2 Å². The van der Waals surface area contributed by atoms with Crippen LogP contribution in [0.3, 0.4) is 0 Å². The second kappa shape index (κ2) is 6.42. The van der Waals surface area contributed by atoms with Crippen molar-refractivity contribution in [3.05, 3.63) is 64.7 Å². The van der Waals surface area contributed by atoms with Gasteiger partial charge in [0.05, 0.1) is 0 Å². The van der Waals surface area contributed by atoms with Crippen LogP contribution in [0.25, 0.3) is 0 Å². The van der Waals surface area contributed by atoms with Gasteiger partial charge < -0.3 is 10.6 Å². The molecule has 0 aromatic heterocycles. The molecule has 0 radical (unpaired) electrons. The zero-order valence-corrected chi connectivity index (χ0v) is 13.7. The molecular formula is C19H23N3O. The van der Waals surface area contributed by atoms with Crippen molar-refractivity contribution < 1.29 is 4.79 Å². The third-order valence-electron chi connectivity index (χ3n) is 4.40. The first-order chi connectivity index (χ1) is 11.0. The Morgan fingerprint density at radius 1 is 1.17 bits per heavy atom. The van der Waals surface area contributed by atoms with Crippen molar-refractivity contribution >= 4 is 11.6 Å². The first kappa shape index (κ1) is 15.6. The fraction of sp³-hybridized carbons (Fsp3) is 0.316. The quantitative estimate of drug-likeness (QED) is 0.886. The summed E-state index contributed by atoms with van der Waals surface area (Å²) in [5.41, 5.74) is 11.4. The van der Waals surface area contributed by atoms with Crippen LogP contribution >= 0.6 is 0 Å². The monoisotopic (exact) mass is 309 g/mol. The van der Waals surface area contributed by atoms with Crippen molar-refractivity contribution in [2.45, 2.75) is 19.5 Å². The highest BCUT2D eigenvalue weighted by atomic mass is 16.2. The average molecular weight is 309 g/mol. The lowest BCUT2D eigenvalue weighted by molar-refractivity contribution is 0.0827. The molecule has 2 aromatic carbocycles. The molecule has 0 atom stereocenters. The van der Waals surface area contributed by atoms with E-state index in [4.69, 9.17) is 5.73 Å². The molecule has 0 aliphatic carbocycles. The number of fused-ring (bicyclic) bond motifs is 1. The number of nitrogens with two attached hydrogens (primary N) is 1. The summed E-state index contributed by atoms with van der Waals surface area (Å²) in [4.78, 5) is 16.0. The first-order valence-corrected chi connectivity index (χ1v) is 7.94. The number of amides is 1. The number of hydrogen-bond acceptors (Lipinski definition) is 3. The topological polar surface area (TPSA) is 49.6 Å². The van der Waals surface area contributed by atoms with Crippen molar-refractivity contribution in [3.8, 4) is 0 Å². The Labute approximate surface area is 137 Å². The van der Waals surface area contributed by atoms with Crippen LogP contribution in [0.4, 0.5) is 5.69 Å². The van der Waals surface area contributed by atoms with Gasteiger partial charge in [-0.25, -0.2) is 0 Å². The number of carbonyl (C=O) groups excluding carboxylic acids is 1. The van der Waals surface area contributed by atoms with Gasteiger partial charge in [0.25, 0.3) is 5.91 Å². The molecule has 0 fully saturated rings. The summed E-state index contributed by atoms with van der Waals surface area (Å²) in [5, 5.41) is 0. The van der Waals surface area contributed by atoms with Crippen molar-refractivity contribution in [3.63, 3.8) is 0 Å². The van der Waals surface area contributed by atoms with E-state index in [1.54, 1.807) is 25.1 Å². The Hall–Kier alpha value is -2.33. The van der Waals surface area contributed by atoms with E-state index >= 15 is 0 Å². The Morgan fingerprint density at radius 3 is 2.61 bits per heavy atom. The van der Waals surface area contributed by atoms with Crippen molar-refractivity contribution in [2.75, 3.05) is 26.4 Å². The second-order valence-corrected chi connectivity index (χ2v) is 6.34. The van der Waals surface area contributed by atoms with E-state index in [9.17, 15) is 4.79 Å². The van der Waals surface area contributed by atoms with Crippen molar-refractivity contribution in [1.29, 1.82) is 0 Å². The van der Waals surface area contributed by atoms with Crippen molar-refractivity contribution in [1.82, 2.24) is 9.80 Å². The molecule has 0 bridgehead atoms. The summed E-state index contributed by atoms with van der Waals surface area (Å²) in [6.45, 7) is 2.80. The minimum atomic E-state index is -0.0184. The molecule has 4 nitrogen and oxygen atoms in total. The standard InChI is InChI=1S/C19H23N3O/c1-21(2)19(23)15-7-8-17(18(20)11-15)13-22-10-9-14-5-3-4-6-16(14)12-22/h3-8,11H,9-10,12-13,20H2,1-2H3. The molecule has 0 unspecified atom stereocenters.